The summed E-state index contributed by atoms with van der Waals surface area (Å²) < 4.78 is 4.95. The van der Waals surface area contributed by atoms with Gasteiger partial charge >= 0.3 is 5.69 Å². The second-order valence-corrected chi connectivity index (χ2v) is 6.49. The van der Waals surface area contributed by atoms with Gasteiger partial charge in [0.2, 0.25) is 0 Å². The number of rotatable bonds is 3. The molecule has 0 fully saturated rings. The number of benzene rings is 2. The van der Waals surface area contributed by atoms with Gasteiger partial charge in [0.05, 0.1) is 16.7 Å². The Morgan fingerprint density at radius 2 is 1.67 bits per heavy atom. The monoisotopic (exact) mass is 361 g/mol. The van der Waals surface area contributed by atoms with Crippen LogP contribution >= 0.6 is 0 Å². The Morgan fingerprint density at radius 3 is 2.33 bits per heavy atom. The van der Waals surface area contributed by atoms with Crippen LogP contribution in [-0.4, -0.2) is 24.8 Å². The summed E-state index contributed by atoms with van der Waals surface area (Å²) in [5.74, 6) is -0.209. The standard InChI is InChI=1S/C20H19N5O2/c1-13-10-11-21-25(13)16-7-4-14(5-8-16)19(26)22-15-6-9-17-18(12-15)24(3)20(27)23(17)2/h4-12H,1-3H3,(H,22,26). The Kier molecular flexibility index (Phi) is 3.92. The van der Waals surface area contributed by atoms with Gasteiger partial charge in [0, 0.05) is 37.2 Å². The number of carbonyl (C=O) groups excluding carboxylic acids is 1. The molecule has 2 heterocycles. The van der Waals surface area contributed by atoms with Gasteiger partial charge in [-0.1, -0.05) is 0 Å². The van der Waals surface area contributed by atoms with Crippen molar-refractivity contribution >= 4 is 22.6 Å². The summed E-state index contributed by atoms with van der Waals surface area (Å²) in [5, 5.41) is 7.15. The number of nitrogens with zero attached hydrogens (tertiary/aromatic N) is 4. The number of carbonyl (C=O) groups is 1. The van der Waals surface area contributed by atoms with Crippen LogP contribution in [0.15, 0.2) is 59.5 Å². The van der Waals surface area contributed by atoms with E-state index in [-0.39, 0.29) is 11.6 Å². The molecule has 1 amide bonds. The van der Waals surface area contributed by atoms with E-state index >= 15 is 0 Å². The first-order valence-corrected chi connectivity index (χ1v) is 8.53. The van der Waals surface area contributed by atoms with Crippen molar-refractivity contribution in [3.63, 3.8) is 0 Å². The summed E-state index contributed by atoms with van der Waals surface area (Å²) in [5.41, 5.74) is 4.59. The first-order chi connectivity index (χ1) is 13.0. The third-order valence-electron chi connectivity index (χ3n) is 4.74. The van der Waals surface area contributed by atoms with E-state index in [1.54, 1.807) is 53.7 Å². The van der Waals surface area contributed by atoms with Crippen molar-refractivity contribution in [2.24, 2.45) is 14.1 Å². The van der Waals surface area contributed by atoms with Gasteiger partial charge in [-0.3, -0.25) is 13.9 Å². The number of hydrogen-bond donors (Lipinski definition) is 1. The van der Waals surface area contributed by atoms with Crippen molar-refractivity contribution in [3.8, 4) is 5.69 Å². The first kappa shape index (κ1) is 16.8. The van der Waals surface area contributed by atoms with Gasteiger partial charge < -0.3 is 5.32 Å². The van der Waals surface area contributed by atoms with Crippen LogP contribution in [0.4, 0.5) is 5.69 Å². The van der Waals surface area contributed by atoms with E-state index < -0.39 is 0 Å². The van der Waals surface area contributed by atoms with E-state index in [4.69, 9.17) is 0 Å². The topological polar surface area (TPSA) is 73.8 Å². The van der Waals surface area contributed by atoms with E-state index in [0.717, 1.165) is 22.4 Å². The molecule has 27 heavy (non-hydrogen) atoms. The highest BCUT2D eigenvalue weighted by atomic mass is 16.2. The zero-order chi connectivity index (χ0) is 19.1. The molecule has 4 rings (SSSR count). The van der Waals surface area contributed by atoms with Gasteiger partial charge in [-0.25, -0.2) is 9.48 Å². The molecule has 0 aliphatic heterocycles. The summed E-state index contributed by atoms with van der Waals surface area (Å²) in [6.45, 7) is 1.97. The number of hydrogen-bond acceptors (Lipinski definition) is 3. The number of amides is 1. The fraction of sp³-hybridized carbons (Fsp3) is 0.150. The van der Waals surface area contributed by atoms with Crippen LogP contribution in [-0.2, 0) is 14.1 Å². The van der Waals surface area contributed by atoms with Crippen LogP contribution in [0.3, 0.4) is 0 Å². The molecule has 0 atom stereocenters. The maximum atomic E-state index is 12.6. The number of imidazole rings is 1. The molecule has 0 saturated carbocycles. The Bertz CT molecular complexity index is 1210. The summed E-state index contributed by atoms with van der Waals surface area (Å²) in [7, 11) is 3.44. The molecule has 1 N–H and O–H groups in total. The number of nitrogens with one attached hydrogen (secondary N) is 1. The van der Waals surface area contributed by atoms with E-state index in [1.165, 1.54) is 0 Å². The normalized spacial score (nSPS) is 11.1. The third kappa shape index (κ3) is 2.83. The van der Waals surface area contributed by atoms with Crippen molar-refractivity contribution in [2.75, 3.05) is 5.32 Å². The molecular weight excluding hydrogens is 342 g/mol. The van der Waals surface area contributed by atoms with Gasteiger partial charge in [0.15, 0.2) is 0 Å². The Hall–Kier alpha value is -3.61. The predicted molar refractivity (Wildman–Crippen MR) is 104 cm³/mol. The van der Waals surface area contributed by atoms with E-state index in [2.05, 4.69) is 10.4 Å². The third-order valence-corrected chi connectivity index (χ3v) is 4.74. The maximum absolute atomic E-state index is 12.6. The second-order valence-electron chi connectivity index (χ2n) is 6.49. The van der Waals surface area contributed by atoms with Crippen molar-refractivity contribution in [2.45, 2.75) is 6.92 Å². The molecule has 2 aromatic carbocycles. The van der Waals surface area contributed by atoms with Gasteiger partial charge in [-0.2, -0.15) is 5.10 Å². The van der Waals surface area contributed by atoms with Gasteiger partial charge in [0.25, 0.3) is 5.91 Å². The van der Waals surface area contributed by atoms with E-state index in [9.17, 15) is 9.59 Å². The minimum atomic E-state index is -0.209. The molecular formula is C20H19N5O2. The van der Waals surface area contributed by atoms with Crippen molar-refractivity contribution < 1.29 is 4.79 Å². The zero-order valence-electron chi connectivity index (χ0n) is 15.3. The molecule has 0 aliphatic carbocycles. The van der Waals surface area contributed by atoms with Gasteiger partial charge in [-0.15, -0.1) is 0 Å². The average molecular weight is 361 g/mol. The predicted octanol–water partition coefficient (Wildman–Crippen LogP) is 2.62. The highest BCUT2D eigenvalue weighted by molar-refractivity contribution is 6.05. The summed E-state index contributed by atoms with van der Waals surface area (Å²) in [4.78, 5) is 24.6. The molecule has 0 saturated heterocycles. The zero-order valence-corrected chi connectivity index (χ0v) is 15.3. The van der Waals surface area contributed by atoms with Crippen LogP contribution < -0.4 is 11.0 Å². The van der Waals surface area contributed by atoms with Crippen LogP contribution in [0.25, 0.3) is 16.7 Å². The lowest BCUT2D eigenvalue weighted by atomic mass is 10.2. The smallest absolute Gasteiger partial charge is 0.322 e. The van der Waals surface area contributed by atoms with Crippen molar-refractivity contribution in [1.82, 2.24) is 18.9 Å². The largest absolute Gasteiger partial charge is 0.328 e. The summed E-state index contributed by atoms with van der Waals surface area (Å²) in [6, 6.07) is 14.6. The Balaban J connectivity index is 1.59. The lowest BCUT2D eigenvalue weighted by Crippen LogP contribution is -2.19. The number of aryl methyl sites for hydroxylation is 3. The Morgan fingerprint density at radius 1 is 0.963 bits per heavy atom. The quantitative estimate of drug-likeness (QED) is 0.610. The lowest BCUT2D eigenvalue weighted by molar-refractivity contribution is 0.102. The van der Waals surface area contributed by atoms with E-state index in [0.29, 0.717) is 11.3 Å². The minimum absolute atomic E-state index is 0.0991. The van der Waals surface area contributed by atoms with Crippen LogP contribution in [0.2, 0.25) is 0 Å². The molecule has 2 aromatic heterocycles. The number of fused-ring (bicyclic) bond motifs is 1. The van der Waals surface area contributed by atoms with Crippen LogP contribution in [0.5, 0.6) is 0 Å². The molecule has 0 aliphatic rings. The van der Waals surface area contributed by atoms with Gasteiger partial charge in [-0.05, 0) is 55.5 Å². The van der Waals surface area contributed by atoms with Crippen molar-refractivity contribution in [3.05, 3.63) is 76.5 Å². The fourth-order valence-corrected chi connectivity index (χ4v) is 3.18. The molecule has 4 aromatic rings. The summed E-state index contributed by atoms with van der Waals surface area (Å²) >= 11 is 0. The number of anilines is 1. The average Bonchev–Trinajstić information content (AvgIpc) is 3.19. The van der Waals surface area contributed by atoms with Gasteiger partial charge in [0.1, 0.15) is 0 Å². The van der Waals surface area contributed by atoms with E-state index in [1.807, 2.05) is 35.9 Å². The molecule has 7 heteroatoms. The Labute approximate surface area is 155 Å². The molecule has 0 unspecified atom stereocenters. The SMILES string of the molecule is Cc1ccnn1-c1ccc(C(=O)Nc2ccc3c(c2)n(C)c(=O)n3C)cc1. The molecule has 136 valence electrons. The summed E-state index contributed by atoms with van der Waals surface area (Å²) in [6.07, 6.45) is 1.74. The molecule has 0 spiro atoms. The minimum Gasteiger partial charge on any atom is -0.322 e. The lowest BCUT2D eigenvalue weighted by Gasteiger charge is -2.08. The molecule has 7 nitrogen and oxygen atoms in total. The van der Waals surface area contributed by atoms with Crippen molar-refractivity contribution in [1.29, 1.82) is 0 Å². The highest BCUT2D eigenvalue weighted by Crippen LogP contribution is 2.19. The van der Waals surface area contributed by atoms with Crippen LogP contribution in [0, 0.1) is 6.92 Å². The fourth-order valence-electron chi connectivity index (χ4n) is 3.18. The number of aromatic nitrogens is 4. The molecule has 0 bridgehead atoms. The highest BCUT2D eigenvalue weighted by Gasteiger charge is 2.11. The molecule has 0 radical (unpaired) electrons. The second kappa shape index (κ2) is 6.28. The maximum Gasteiger partial charge on any atom is 0.328 e. The van der Waals surface area contributed by atoms with Crippen LogP contribution in [0.1, 0.15) is 16.1 Å². The first-order valence-electron chi connectivity index (χ1n) is 8.53.